The molecule has 1 heterocycles. The number of thioether (sulfide) groups is 1. The van der Waals surface area contributed by atoms with E-state index in [2.05, 4.69) is 30.9 Å². The Morgan fingerprint density at radius 2 is 1.66 bits per heavy atom. The minimum absolute atomic E-state index is 0.0345. The largest absolute Gasteiger partial charge is 0.480 e. The van der Waals surface area contributed by atoms with Crippen LogP contribution in [0.15, 0.2) is 17.5 Å². The van der Waals surface area contributed by atoms with Gasteiger partial charge in [-0.1, -0.05) is 0 Å². The van der Waals surface area contributed by atoms with Gasteiger partial charge in [0.25, 0.3) is 0 Å². The second kappa shape index (κ2) is 16.8. The predicted molar refractivity (Wildman–Crippen MR) is 140 cm³/mol. The van der Waals surface area contributed by atoms with Gasteiger partial charge in [0.1, 0.15) is 18.1 Å². The van der Waals surface area contributed by atoms with E-state index < -0.39 is 60.2 Å². The molecular weight excluding hydrogens is 520 g/mol. The van der Waals surface area contributed by atoms with Crippen LogP contribution in [-0.4, -0.2) is 93.4 Å². The molecule has 0 aromatic carbocycles. The molecule has 212 valence electrons. The summed E-state index contributed by atoms with van der Waals surface area (Å²) < 4.78 is 0. The van der Waals surface area contributed by atoms with Crippen molar-refractivity contribution in [1.29, 1.82) is 0 Å². The lowest BCUT2D eigenvalue weighted by atomic mass is 10.1. The van der Waals surface area contributed by atoms with Gasteiger partial charge in [0.2, 0.25) is 23.6 Å². The second-order valence-corrected chi connectivity index (χ2v) is 9.30. The minimum atomic E-state index is -1.27. The van der Waals surface area contributed by atoms with Crippen LogP contribution in [0.1, 0.15) is 31.4 Å². The molecule has 4 amide bonds. The molecule has 0 aliphatic heterocycles. The van der Waals surface area contributed by atoms with Gasteiger partial charge in [-0.05, 0) is 31.3 Å². The van der Waals surface area contributed by atoms with Crippen LogP contribution in [0.2, 0.25) is 0 Å². The van der Waals surface area contributed by atoms with Crippen LogP contribution in [0.5, 0.6) is 0 Å². The molecule has 0 bridgehead atoms. The van der Waals surface area contributed by atoms with Crippen molar-refractivity contribution in [2.75, 3.05) is 18.6 Å². The zero-order valence-electron chi connectivity index (χ0n) is 21.0. The van der Waals surface area contributed by atoms with Crippen LogP contribution in [0.4, 0.5) is 0 Å². The fourth-order valence-electron chi connectivity index (χ4n) is 3.22. The molecular formula is C21H36N10O6S. The Morgan fingerprint density at radius 1 is 1.03 bits per heavy atom. The smallest absolute Gasteiger partial charge is 0.326 e. The molecule has 1 aromatic heterocycles. The number of imidazole rings is 1. The normalized spacial score (nSPS) is 13.8. The summed E-state index contributed by atoms with van der Waals surface area (Å²) in [6.07, 6.45) is 4.71. The number of nitrogens with zero attached hydrogens (tertiary/aromatic N) is 2. The number of aromatic amines is 1. The topological polar surface area (TPSA) is 287 Å². The third-order valence-corrected chi connectivity index (χ3v) is 5.82. The van der Waals surface area contributed by atoms with E-state index >= 15 is 0 Å². The molecule has 0 fully saturated rings. The molecule has 4 atom stereocenters. The van der Waals surface area contributed by atoms with E-state index in [1.165, 1.54) is 24.3 Å². The van der Waals surface area contributed by atoms with Crippen LogP contribution in [0.25, 0.3) is 0 Å². The van der Waals surface area contributed by atoms with E-state index in [0.29, 0.717) is 11.4 Å². The number of aliphatic carboxylic acids is 1. The van der Waals surface area contributed by atoms with Gasteiger partial charge in [0, 0.05) is 24.9 Å². The van der Waals surface area contributed by atoms with E-state index in [1.807, 2.05) is 6.26 Å². The predicted octanol–water partition coefficient (Wildman–Crippen LogP) is -3.50. The van der Waals surface area contributed by atoms with E-state index in [-0.39, 0.29) is 38.2 Å². The summed E-state index contributed by atoms with van der Waals surface area (Å²) in [6.45, 7) is 0.172. The van der Waals surface area contributed by atoms with Crippen molar-refractivity contribution in [2.24, 2.45) is 27.9 Å². The van der Waals surface area contributed by atoms with Crippen LogP contribution >= 0.6 is 11.8 Å². The zero-order chi connectivity index (χ0) is 28.7. The van der Waals surface area contributed by atoms with Crippen molar-refractivity contribution < 1.29 is 29.1 Å². The van der Waals surface area contributed by atoms with Crippen molar-refractivity contribution >= 4 is 47.3 Å². The van der Waals surface area contributed by atoms with E-state index in [4.69, 9.17) is 22.9 Å². The molecule has 38 heavy (non-hydrogen) atoms. The van der Waals surface area contributed by atoms with E-state index in [0.717, 1.165) is 0 Å². The van der Waals surface area contributed by atoms with Gasteiger partial charge in [-0.15, -0.1) is 0 Å². The molecule has 0 aliphatic rings. The average molecular weight is 557 g/mol. The molecule has 0 aliphatic carbocycles. The van der Waals surface area contributed by atoms with Crippen LogP contribution in [0.3, 0.4) is 0 Å². The van der Waals surface area contributed by atoms with Gasteiger partial charge >= 0.3 is 5.97 Å². The zero-order valence-corrected chi connectivity index (χ0v) is 21.8. The molecule has 0 saturated heterocycles. The van der Waals surface area contributed by atoms with Gasteiger partial charge in [0.15, 0.2) is 5.96 Å². The number of primary amides is 1. The molecule has 4 unspecified atom stereocenters. The van der Waals surface area contributed by atoms with Crippen molar-refractivity contribution in [3.63, 3.8) is 0 Å². The SMILES string of the molecule is CSCCC(NC(=O)C(N)CC(N)=O)C(=O)NC(Cc1cnc[nH]1)C(=O)NC(CCCN=C(N)N)C(=O)O. The molecule has 16 nitrogen and oxygen atoms in total. The summed E-state index contributed by atoms with van der Waals surface area (Å²) in [5.41, 5.74) is 21.8. The Bertz CT molecular complexity index is 970. The number of carboxylic acids is 1. The van der Waals surface area contributed by atoms with E-state index in [9.17, 15) is 29.1 Å². The maximum atomic E-state index is 13.1. The molecule has 1 aromatic rings. The van der Waals surface area contributed by atoms with Gasteiger partial charge < -0.3 is 49.0 Å². The summed E-state index contributed by atoms with van der Waals surface area (Å²) in [5.74, 6) is -3.92. The Balaban J connectivity index is 3.02. The fourth-order valence-corrected chi connectivity index (χ4v) is 3.70. The minimum Gasteiger partial charge on any atom is -0.480 e. The number of nitrogens with one attached hydrogen (secondary N) is 4. The summed E-state index contributed by atoms with van der Waals surface area (Å²) in [7, 11) is 0. The highest BCUT2D eigenvalue weighted by Gasteiger charge is 2.30. The van der Waals surface area contributed by atoms with Gasteiger partial charge in [-0.3, -0.25) is 24.2 Å². The van der Waals surface area contributed by atoms with Crippen molar-refractivity contribution in [1.82, 2.24) is 25.9 Å². The third kappa shape index (κ3) is 12.4. The van der Waals surface area contributed by atoms with Crippen molar-refractivity contribution in [3.8, 4) is 0 Å². The van der Waals surface area contributed by atoms with Crippen LogP contribution in [-0.2, 0) is 30.4 Å². The Hall–Kier alpha value is -3.86. The van der Waals surface area contributed by atoms with Gasteiger partial charge in [0.05, 0.1) is 18.8 Å². The first kappa shape index (κ1) is 32.2. The maximum absolute atomic E-state index is 13.1. The van der Waals surface area contributed by atoms with Crippen LogP contribution < -0.4 is 38.9 Å². The van der Waals surface area contributed by atoms with Crippen molar-refractivity contribution in [3.05, 3.63) is 18.2 Å². The highest BCUT2D eigenvalue weighted by molar-refractivity contribution is 7.98. The van der Waals surface area contributed by atoms with Gasteiger partial charge in [-0.2, -0.15) is 11.8 Å². The first-order valence-electron chi connectivity index (χ1n) is 11.6. The lowest BCUT2D eigenvalue weighted by Gasteiger charge is -2.25. The number of amides is 4. The molecule has 1 rings (SSSR count). The molecule has 17 heteroatoms. The fraction of sp³-hybridized carbons (Fsp3) is 0.571. The number of hydrogen-bond donors (Lipinski definition) is 9. The Labute approximate surface area is 223 Å². The standard InChI is InChI=1S/C21H36N10O6S/c1-38-6-4-13(29-17(33)12(22)8-16(23)32)18(34)31-15(7-11-9-26-10-28-11)19(35)30-14(20(36)37)3-2-5-27-21(24)25/h9-10,12-15H,2-8,22H2,1H3,(H2,23,32)(H,26,28)(H,29,33)(H,30,35)(H,31,34)(H,36,37)(H4,24,25,27). The number of rotatable bonds is 18. The van der Waals surface area contributed by atoms with Gasteiger partial charge in [-0.25, -0.2) is 9.78 Å². The van der Waals surface area contributed by atoms with Crippen LogP contribution in [0, 0.1) is 0 Å². The second-order valence-electron chi connectivity index (χ2n) is 8.31. The highest BCUT2D eigenvalue weighted by Crippen LogP contribution is 2.06. The number of nitrogens with two attached hydrogens (primary N) is 4. The number of carboxylic acid groups (broad SMARTS) is 1. The number of hydrogen-bond acceptors (Lipinski definition) is 9. The Kier molecular flexibility index (Phi) is 14.2. The summed E-state index contributed by atoms with van der Waals surface area (Å²) >= 11 is 1.43. The first-order chi connectivity index (χ1) is 17.9. The lowest BCUT2D eigenvalue weighted by molar-refractivity contribution is -0.142. The number of carbonyl (C=O) groups excluding carboxylic acids is 4. The number of H-pyrrole nitrogens is 1. The monoisotopic (exact) mass is 556 g/mol. The molecule has 0 saturated carbocycles. The number of aliphatic imine (C=N–C) groups is 1. The number of aromatic nitrogens is 2. The average Bonchev–Trinajstić information content (AvgIpc) is 3.35. The molecule has 0 radical (unpaired) electrons. The maximum Gasteiger partial charge on any atom is 0.326 e. The number of carbonyl (C=O) groups is 5. The third-order valence-electron chi connectivity index (χ3n) is 5.17. The quantitative estimate of drug-likeness (QED) is 0.0485. The summed E-state index contributed by atoms with van der Waals surface area (Å²) in [6, 6.07) is -4.82. The summed E-state index contributed by atoms with van der Waals surface area (Å²) in [4.78, 5) is 71.9. The molecule has 0 spiro atoms. The first-order valence-corrected chi connectivity index (χ1v) is 13.0. The van der Waals surface area contributed by atoms with E-state index in [1.54, 1.807) is 0 Å². The molecule has 13 N–H and O–H groups in total. The lowest BCUT2D eigenvalue weighted by Crippen LogP contribution is -2.58. The van der Waals surface area contributed by atoms with Crippen molar-refractivity contribution in [2.45, 2.75) is 56.3 Å². The highest BCUT2D eigenvalue weighted by atomic mass is 32.2. The summed E-state index contributed by atoms with van der Waals surface area (Å²) in [5, 5.41) is 17.0. The Morgan fingerprint density at radius 3 is 2.21 bits per heavy atom. The number of guanidine groups is 1.